The van der Waals surface area contributed by atoms with Gasteiger partial charge in [-0.25, -0.2) is 14.5 Å². The predicted octanol–water partition coefficient (Wildman–Crippen LogP) is 7.71. The van der Waals surface area contributed by atoms with Gasteiger partial charge in [0.15, 0.2) is 10.6 Å². The second-order valence-electron chi connectivity index (χ2n) is 10.3. The molecule has 0 bridgehead atoms. The molecule has 1 N–H and O–H groups in total. The number of benzene rings is 3. The summed E-state index contributed by atoms with van der Waals surface area (Å²) in [6.07, 6.45) is 0.00960. The number of ether oxygens (including phenoxy) is 1. The van der Waals surface area contributed by atoms with Crippen molar-refractivity contribution in [2.45, 2.75) is 40.0 Å². The van der Waals surface area contributed by atoms with Crippen LogP contribution in [0.1, 0.15) is 42.1 Å². The minimum absolute atomic E-state index is 0.308. The molecule has 3 aromatic carbocycles. The highest BCUT2D eigenvalue weighted by atomic mass is 32.1. The van der Waals surface area contributed by atoms with E-state index < -0.39 is 12.4 Å². The first-order chi connectivity index (χ1) is 21.0. The first-order valence-corrected chi connectivity index (χ1v) is 14.5. The molecule has 5 aromatic rings. The first-order valence-electron chi connectivity index (χ1n) is 13.6. The Hall–Kier alpha value is -4.97. The molecule has 0 saturated carbocycles. The van der Waals surface area contributed by atoms with E-state index in [-0.39, 0.29) is 5.75 Å². The predicted molar refractivity (Wildman–Crippen MR) is 164 cm³/mol. The Kier molecular flexibility index (Phi) is 8.81. The van der Waals surface area contributed by atoms with Crippen LogP contribution in [-0.2, 0) is 0 Å². The molecule has 0 radical (unpaired) electrons. The lowest BCUT2D eigenvalue weighted by atomic mass is 9.99. The van der Waals surface area contributed by atoms with E-state index in [0.717, 1.165) is 28.1 Å². The molecule has 0 aliphatic rings. The van der Waals surface area contributed by atoms with Crippen LogP contribution in [-0.4, -0.2) is 31.7 Å². The first kappa shape index (κ1) is 30.5. The van der Waals surface area contributed by atoms with Crippen molar-refractivity contribution in [2.24, 2.45) is 4.99 Å². The lowest BCUT2D eigenvalue weighted by molar-refractivity contribution is -0.274. The second-order valence-corrected chi connectivity index (χ2v) is 11.1. The fourth-order valence-corrected chi connectivity index (χ4v) is 5.36. The third-order valence-corrected chi connectivity index (χ3v) is 7.55. The lowest BCUT2D eigenvalue weighted by Gasteiger charge is -2.16. The summed E-state index contributed by atoms with van der Waals surface area (Å²) in [4.78, 5) is 21.9. The molecule has 0 unspecified atom stereocenters. The van der Waals surface area contributed by atoms with E-state index in [1.54, 1.807) is 6.08 Å². The number of aryl methyl sites for hydroxylation is 2. The van der Waals surface area contributed by atoms with Gasteiger partial charge >= 0.3 is 12.4 Å². The number of aromatic nitrogens is 4. The fraction of sp³-hybridized carbons (Fsp3) is 0.188. The highest BCUT2D eigenvalue weighted by Crippen LogP contribution is 2.26. The maximum absolute atomic E-state index is 12.7. The Morgan fingerprint density at radius 2 is 1.77 bits per heavy atom. The van der Waals surface area contributed by atoms with Gasteiger partial charge in [-0.2, -0.15) is 4.99 Å². The van der Waals surface area contributed by atoms with Gasteiger partial charge in [-0.15, -0.1) is 29.6 Å². The normalized spacial score (nSPS) is 12.3. The number of carbonyl (C=O) groups excluding carboxylic acids is 1. The lowest BCUT2D eigenvalue weighted by Crippen LogP contribution is -2.22. The number of urea groups is 1. The second kappa shape index (κ2) is 12.7. The van der Waals surface area contributed by atoms with E-state index in [1.165, 1.54) is 58.4 Å². The van der Waals surface area contributed by atoms with Crippen molar-refractivity contribution in [2.75, 3.05) is 0 Å². The maximum Gasteiger partial charge on any atom is 0.573 e. The molecule has 0 spiro atoms. The highest BCUT2D eigenvalue weighted by Gasteiger charge is 2.31. The molecule has 2 aromatic heterocycles. The van der Waals surface area contributed by atoms with Crippen molar-refractivity contribution in [3.05, 3.63) is 112 Å². The van der Waals surface area contributed by atoms with Crippen molar-refractivity contribution < 1.29 is 22.7 Å². The molecule has 8 nitrogen and oxygen atoms in total. The van der Waals surface area contributed by atoms with Gasteiger partial charge in [-0.05, 0) is 72.9 Å². The van der Waals surface area contributed by atoms with Gasteiger partial charge in [0.2, 0.25) is 0 Å². The summed E-state index contributed by atoms with van der Waals surface area (Å²) in [7, 11) is 0. The van der Waals surface area contributed by atoms with E-state index in [4.69, 9.17) is 0 Å². The number of halogens is 3. The van der Waals surface area contributed by atoms with Crippen LogP contribution in [0.2, 0.25) is 0 Å². The molecule has 0 fully saturated rings. The monoisotopic (exact) mass is 618 g/mol. The zero-order chi connectivity index (χ0) is 31.4. The van der Waals surface area contributed by atoms with Crippen molar-refractivity contribution in [1.82, 2.24) is 24.6 Å². The van der Waals surface area contributed by atoms with Crippen LogP contribution in [0.3, 0.4) is 0 Å². The Labute approximate surface area is 255 Å². The van der Waals surface area contributed by atoms with E-state index in [9.17, 15) is 18.0 Å². The molecule has 226 valence electrons. The largest absolute Gasteiger partial charge is 0.573 e. The van der Waals surface area contributed by atoms with Crippen molar-refractivity contribution in [3.63, 3.8) is 0 Å². The molecule has 0 aliphatic heterocycles. The smallest absolute Gasteiger partial charge is 0.406 e. The van der Waals surface area contributed by atoms with Crippen LogP contribution in [0.5, 0.6) is 5.75 Å². The summed E-state index contributed by atoms with van der Waals surface area (Å²) in [6, 6.07) is 18.5. The molecule has 2 amide bonds. The topological polar surface area (TPSA) is 86.3 Å². The number of hydrogen-bond acceptors (Lipinski definition) is 5. The Bertz CT molecular complexity index is 1870. The van der Waals surface area contributed by atoms with Crippen molar-refractivity contribution in [1.29, 1.82) is 0 Å². The van der Waals surface area contributed by atoms with Gasteiger partial charge in [0.25, 0.3) is 0 Å². The Morgan fingerprint density at radius 1 is 1.05 bits per heavy atom. The van der Waals surface area contributed by atoms with Gasteiger partial charge in [0.1, 0.15) is 12.1 Å². The van der Waals surface area contributed by atoms with E-state index >= 15 is 0 Å². The molecular weight excluding hydrogens is 589 g/mol. The van der Waals surface area contributed by atoms with Gasteiger partial charge in [-0.1, -0.05) is 50.2 Å². The summed E-state index contributed by atoms with van der Waals surface area (Å²) in [6.45, 7) is 8.33. The Balaban J connectivity index is 1.25. The van der Waals surface area contributed by atoms with Crippen LogP contribution < -0.4 is 14.9 Å². The van der Waals surface area contributed by atoms with Crippen LogP contribution in [0.25, 0.3) is 28.8 Å². The molecule has 44 heavy (non-hydrogen) atoms. The standard InChI is InChI=1S/C32H29F3N6O2S/c1-20(2)27-14-5-21(3)17-28(27)41-22(4)18-44-31(41)38-30(42)36-16-15-23-6-8-24(9-7-23)29-37-19-40(39-29)25-10-12-26(13-11-25)43-32(33,34)35/h5-20H,1-4H3,(H,36,42)/b16-15+,38-31?. The van der Waals surface area contributed by atoms with E-state index in [0.29, 0.717) is 22.2 Å². The minimum Gasteiger partial charge on any atom is -0.406 e. The van der Waals surface area contributed by atoms with E-state index in [1.807, 2.05) is 48.1 Å². The van der Waals surface area contributed by atoms with Gasteiger partial charge in [0, 0.05) is 22.8 Å². The van der Waals surface area contributed by atoms with Crippen molar-refractivity contribution in [3.8, 4) is 28.5 Å². The number of nitrogens with zero attached hydrogens (tertiary/aromatic N) is 5. The van der Waals surface area contributed by atoms with E-state index in [2.05, 4.69) is 57.2 Å². The fourth-order valence-electron chi connectivity index (χ4n) is 4.49. The molecule has 0 saturated heterocycles. The molecule has 2 heterocycles. The molecule has 0 aliphatic carbocycles. The van der Waals surface area contributed by atoms with Crippen molar-refractivity contribution >= 4 is 23.4 Å². The number of nitrogens with one attached hydrogen (secondary N) is 1. The molecular formula is C32H29F3N6O2S. The summed E-state index contributed by atoms with van der Waals surface area (Å²) >= 11 is 1.41. The molecule has 12 heteroatoms. The third-order valence-electron chi connectivity index (χ3n) is 6.60. The minimum atomic E-state index is -4.75. The zero-order valence-corrected chi connectivity index (χ0v) is 25.1. The number of rotatable bonds is 7. The van der Waals surface area contributed by atoms with Crippen LogP contribution >= 0.6 is 11.3 Å². The van der Waals surface area contributed by atoms with Gasteiger partial charge in [-0.3, -0.25) is 4.57 Å². The number of hydrogen-bond donors (Lipinski definition) is 1. The quantitative estimate of drug-likeness (QED) is 0.203. The third kappa shape index (κ3) is 7.32. The number of alkyl halides is 3. The van der Waals surface area contributed by atoms with Crippen LogP contribution in [0.15, 0.2) is 89.6 Å². The summed E-state index contributed by atoms with van der Waals surface area (Å²) in [5.74, 6) is 0.433. The maximum atomic E-state index is 12.7. The Morgan fingerprint density at radius 3 is 2.45 bits per heavy atom. The molecule has 5 rings (SSSR count). The summed E-state index contributed by atoms with van der Waals surface area (Å²) in [5, 5.41) is 9.11. The number of amides is 2. The van der Waals surface area contributed by atoms with Gasteiger partial charge < -0.3 is 10.1 Å². The van der Waals surface area contributed by atoms with Crippen LogP contribution in [0.4, 0.5) is 18.0 Å². The average molecular weight is 619 g/mol. The zero-order valence-electron chi connectivity index (χ0n) is 24.3. The number of carbonyl (C=O) groups is 1. The summed E-state index contributed by atoms with van der Waals surface area (Å²) < 4.78 is 44.6. The van der Waals surface area contributed by atoms with Crippen LogP contribution in [0, 0.1) is 13.8 Å². The highest BCUT2D eigenvalue weighted by molar-refractivity contribution is 7.07. The average Bonchev–Trinajstić information content (AvgIpc) is 3.60. The number of thiazole rings is 1. The molecule has 0 atom stereocenters. The SMILES string of the molecule is Cc1ccc(C(C)C)c(-n2c(C)csc2=NC(=O)N/C=C/c2ccc(-c3ncn(-c4ccc(OC(F)(F)F)cc4)n3)cc2)c1. The summed E-state index contributed by atoms with van der Waals surface area (Å²) in [5.41, 5.74) is 6.43. The van der Waals surface area contributed by atoms with Gasteiger partial charge in [0.05, 0.1) is 11.4 Å².